The van der Waals surface area contributed by atoms with Crippen molar-refractivity contribution < 1.29 is 17.2 Å². The Kier molecular flexibility index (Phi) is 6.53. The Morgan fingerprint density at radius 1 is 1.13 bits per heavy atom. The molecule has 8 nitrogen and oxygen atoms in total. The maximum absolute atomic E-state index is 14.7. The number of hydrogen-bond acceptors (Lipinski definition) is 6. The third-order valence-electron chi connectivity index (χ3n) is 4.23. The van der Waals surface area contributed by atoms with Gasteiger partial charge in [0.25, 0.3) is 10.2 Å². The highest BCUT2D eigenvalue weighted by atomic mass is 32.2. The molecule has 0 aliphatic carbocycles. The van der Waals surface area contributed by atoms with Gasteiger partial charge in [-0.3, -0.25) is 9.71 Å². The van der Waals surface area contributed by atoms with Crippen molar-refractivity contribution in [3.05, 3.63) is 71.3 Å². The number of hydrogen-bond donors (Lipinski definition) is 3. The van der Waals surface area contributed by atoms with Gasteiger partial charge in [-0.2, -0.15) is 8.42 Å². The van der Waals surface area contributed by atoms with Crippen molar-refractivity contribution in [1.29, 1.82) is 0 Å². The topological polar surface area (TPSA) is 109 Å². The summed E-state index contributed by atoms with van der Waals surface area (Å²) in [5.74, 6) is -1.37. The molecule has 2 heterocycles. The molecule has 0 fully saturated rings. The lowest BCUT2D eigenvalue weighted by atomic mass is 10.1. The van der Waals surface area contributed by atoms with Crippen LogP contribution in [0.2, 0.25) is 0 Å². The van der Waals surface area contributed by atoms with Crippen LogP contribution in [0.5, 0.6) is 0 Å². The average molecular weight is 434 g/mol. The summed E-state index contributed by atoms with van der Waals surface area (Å²) < 4.78 is 56.1. The number of nitrogens with one attached hydrogen (secondary N) is 3. The number of anilines is 3. The van der Waals surface area contributed by atoms with Gasteiger partial charge in [-0.1, -0.05) is 13.0 Å². The summed E-state index contributed by atoms with van der Waals surface area (Å²) in [6.45, 7) is 1.93. The van der Waals surface area contributed by atoms with E-state index in [-0.39, 0.29) is 17.7 Å². The highest BCUT2D eigenvalue weighted by Gasteiger charge is 2.16. The first-order chi connectivity index (χ1) is 14.3. The maximum atomic E-state index is 14.7. The van der Waals surface area contributed by atoms with Crippen LogP contribution in [0, 0.1) is 11.6 Å². The molecule has 0 saturated heterocycles. The van der Waals surface area contributed by atoms with Gasteiger partial charge in [0.15, 0.2) is 11.6 Å². The van der Waals surface area contributed by atoms with Gasteiger partial charge in [-0.15, -0.1) is 0 Å². The minimum atomic E-state index is -3.91. The van der Waals surface area contributed by atoms with Crippen molar-refractivity contribution in [2.75, 3.05) is 17.1 Å². The summed E-state index contributed by atoms with van der Waals surface area (Å²) in [5.41, 5.74) is 1.69. The molecule has 0 saturated carbocycles. The van der Waals surface area contributed by atoms with Crippen LogP contribution in [0.1, 0.15) is 23.7 Å². The Bertz CT molecular complexity index is 1160. The molecule has 0 atom stereocenters. The fourth-order valence-corrected chi connectivity index (χ4v) is 3.13. The van der Waals surface area contributed by atoms with Crippen LogP contribution in [-0.4, -0.2) is 30.4 Å². The van der Waals surface area contributed by atoms with Gasteiger partial charge < -0.3 is 5.32 Å². The minimum Gasteiger partial charge on any atom is -0.337 e. The minimum absolute atomic E-state index is 0.0302. The SMILES string of the molecule is CCc1ccc(Nc2cncc(Cc3ccnc(NS(=O)(=O)NC)c3F)n2)c(F)c1. The van der Waals surface area contributed by atoms with Crippen molar-refractivity contribution in [3.8, 4) is 0 Å². The van der Waals surface area contributed by atoms with Crippen LogP contribution < -0.4 is 14.8 Å². The Morgan fingerprint density at radius 3 is 2.63 bits per heavy atom. The van der Waals surface area contributed by atoms with Crippen molar-refractivity contribution in [3.63, 3.8) is 0 Å². The fraction of sp³-hybridized carbons (Fsp3) is 0.211. The number of aryl methyl sites for hydroxylation is 1. The van der Waals surface area contributed by atoms with Gasteiger partial charge in [-0.25, -0.2) is 23.5 Å². The van der Waals surface area contributed by atoms with Crippen LogP contribution in [0.4, 0.5) is 26.1 Å². The number of aromatic nitrogens is 3. The highest BCUT2D eigenvalue weighted by molar-refractivity contribution is 7.90. The first-order valence-electron chi connectivity index (χ1n) is 9.02. The lowest BCUT2D eigenvalue weighted by molar-refractivity contribution is 0.588. The number of rotatable bonds is 8. The average Bonchev–Trinajstić information content (AvgIpc) is 2.72. The molecule has 0 radical (unpaired) electrons. The van der Waals surface area contributed by atoms with Gasteiger partial charge >= 0.3 is 0 Å². The quantitative estimate of drug-likeness (QED) is 0.503. The van der Waals surface area contributed by atoms with E-state index in [9.17, 15) is 17.2 Å². The van der Waals surface area contributed by atoms with Crippen molar-refractivity contribution in [1.82, 2.24) is 19.7 Å². The van der Waals surface area contributed by atoms with Gasteiger partial charge in [-0.05, 0) is 35.7 Å². The van der Waals surface area contributed by atoms with Gasteiger partial charge in [0.1, 0.15) is 11.6 Å². The zero-order valence-corrected chi connectivity index (χ0v) is 17.1. The van der Waals surface area contributed by atoms with Crippen molar-refractivity contribution in [2.45, 2.75) is 19.8 Å². The van der Waals surface area contributed by atoms with Crippen molar-refractivity contribution >= 4 is 27.5 Å². The summed E-state index contributed by atoms with van der Waals surface area (Å²) in [6.07, 6.45) is 4.90. The molecule has 2 aromatic heterocycles. The molecule has 3 rings (SSSR count). The summed E-state index contributed by atoms with van der Waals surface area (Å²) in [7, 11) is -2.72. The van der Waals surface area contributed by atoms with E-state index in [1.54, 1.807) is 6.07 Å². The molecule has 0 bridgehead atoms. The van der Waals surface area contributed by atoms with E-state index in [1.165, 1.54) is 37.8 Å². The molecule has 0 spiro atoms. The molecule has 0 aliphatic rings. The molecule has 30 heavy (non-hydrogen) atoms. The van der Waals surface area contributed by atoms with E-state index in [0.717, 1.165) is 12.0 Å². The van der Waals surface area contributed by atoms with Gasteiger partial charge in [0.2, 0.25) is 0 Å². The molecule has 3 N–H and O–H groups in total. The lowest BCUT2D eigenvalue weighted by Crippen LogP contribution is -2.27. The Labute approximate surface area is 173 Å². The maximum Gasteiger partial charge on any atom is 0.300 e. The van der Waals surface area contributed by atoms with Crippen LogP contribution in [0.15, 0.2) is 42.9 Å². The van der Waals surface area contributed by atoms with Gasteiger partial charge in [0, 0.05) is 25.9 Å². The molecule has 1 aromatic carbocycles. The molecular formula is C19H20F2N6O2S. The predicted molar refractivity (Wildman–Crippen MR) is 110 cm³/mol. The zero-order chi connectivity index (χ0) is 21.7. The second-order valence-corrected chi connectivity index (χ2v) is 7.93. The van der Waals surface area contributed by atoms with Crippen LogP contribution in [0.25, 0.3) is 0 Å². The van der Waals surface area contributed by atoms with Gasteiger partial charge in [0.05, 0.1) is 17.6 Å². The molecule has 0 aliphatic heterocycles. The molecule has 0 amide bonds. The molecule has 0 unspecified atom stereocenters. The van der Waals surface area contributed by atoms with E-state index in [0.29, 0.717) is 11.5 Å². The lowest BCUT2D eigenvalue weighted by Gasteiger charge is -2.11. The fourth-order valence-electron chi connectivity index (χ4n) is 2.63. The molecular weight excluding hydrogens is 414 g/mol. The monoisotopic (exact) mass is 434 g/mol. The predicted octanol–water partition coefficient (Wildman–Crippen LogP) is 2.92. The standard InChI is InChI=1S/C19H20F2N6O2S/c1-3-12-4-5-16(15(20)8-12)26-17-11-23-10-14(25-17)9-13-6-7-24-19(18(13)21)27-30(28,29)22-2/h4-8,10-11,22H,3,9H2,1-2H3,(H,24,27)(H,25,26). The summed E-state index contributed by atoms with van der Waals surface area (Å²) in [4.78, 5) is 12.1. The third kappa shape index (κ3) is 5.24. The summed E-state index contributed by atoms with van der Waals surface area (Å²) in [6, 6.07) is 6.28. The van der Waals surface area contributed by atoms with E-state index < -0.39 is 27.7 Å². The third-order valence-corrected chi connectivity index (χ3v) is 5.23. The second-order valence-electron chi connectivity index (χ2n) is 6.31. The summed E-state index contributed by atoms with van der Waals surface area (Å²) in [5, 5.41) is 2.86. The Balaban J connectivity index is 1.80. The van der Waals surface area contributed by atoms with Crippen LogP contribution in [-0.2, 0) is 23.1 Å². The Morgan fingerprint density at radius 2 is 1.93 bits per heavy atom. The van der Waals surface area contributed by atoms with Crippen molar-refractivity contribution in [2.24, 2.45) is 0 Å². The van der Waals surface area contributed by atoms with Crippen LogP contribution in [0.3, 0.4) is 0 Å². The molecule has 11 heteroatoms. The first-order valence-corrected chi connectivity index (χ1v) is 10.5. The Hall–Kier alpha value is -3.18. The smallest absolute Gasteiger partial charge is 0.300 e. The largest absolute Gasteiger partial charge is 0.337 e. The molecule has 3 aromatic rings. The zero-order valence-electron chi connectivity index (χ0n) is 16.3. The summed E-state index contributed by atoms with van der Waals surface area (Å²) >= 11 is 0. The first kappa shape index (κ1) is 21.5. The van der Waals surface area contributed by atoms with E-state index in [2.05, 4.69) is 20.3 Å². The highest BCUT2D eigenvalue weighted by Crippen LogP contribution is 2.22. The van der Waals surface area contributed by atoms with Crippen LogP contribution >= 0.6 is 0 Å². The molecule has 158 valence electrons. The number of pyridine rings is 1. The van der Waals surface area contributed by atoms with E-state index >= 15 is 0 Å². The number of benzene rings is 1. The number of nitrogens with zero attached hydrogens (tertiary/aromatic N) is 3. The van der Waals surface area contributed by atoms with E-state index in [4.69, 9.17) is 0 Å². The second kappa shape index (κ2) is 9.09. The number of halogens is 2. The van der Waals surface area contributed by atoms with E-state index in [1.807, 2.05) is 22.4 Å². The normalized spacial score (nSPS) is 11.3.